The molecule has 1 aromatic heterocycles. The van der Waals surface area contributed by atoms with Gasteiger partial charge in [-0.1, -0.05) is 32.9 Å². The first kappa shape index (κ1) is 14.3. The lowest BCUT2D eigenvalue weighted by molar-refractivity contribution is -0.387. The van der Waals surface area contributed by atoms with E-state index in [1.54, 1.807) is 18.2 Å². The van der Waals surface area contributed by atoms with E-state index in [0.717, 1.165) is 11.8 Å². The van der Waals surface area contributed by atoms with Crippen molar-refractivity contribution in [2.75, 3.05) is 5.84 Å². The van der Waals surface area contributed by atoms with Crippen molar-refractivity contribution < 1.29 is 4.92 Å². The molecule has 2 rings (SSSR count). The highest BCUT2D eigenvalue weighted by molar-refractivity contribution is 7.99. The van der Waals surface area contributed by atoms with Crippen LogP contribution in [-0.4, -0.2) is 19.8 Å². The monoisotopic (exact) mass is 293 g/mol. The summed E-state index contributed by atoms with van der Waals surface area (Å²) in [5, 5.41) is 19.5. The fourth-order valence-electron chi connectivity index (χ4n) is 1.65. The zero-order valence-electron chi connectivity index (χ0n) is 11.4. The number of hydrogen-bond acceptors (Lipinski definition) is 6. The van der Waals surface area contributed by atoms with Gasteiger partial charge >= 0.3 is 0 Å². The molecule has 0 bridgehead atoms. The Labute approximate surface area is 120 Å². The maximum Gasteiger partial charge on any atom is 0.283 e. The number of rotatable bonds is 3. The maximum atomic E-state index is 11.0. The number of hydrogen-bond donors (Lipinski definition) is 1. The molecule has 0 aliphatic heterocycles. The van der Waals surface area contributed by atoms with Gasteiger partial charge in [-0.25, -0.2) is 4.68 Å². The van der Waals surface area contributed by atoms with E-state index in [2.05, 4.69) is 10.2 Å². The summed E-state index contributed by atoms with van der Waals surface area (Å²) in [4.78, 5) is 11.0. The standard InChI is InChI=1S/C12H15N5O2S/c1-12(2,3)10-14-15-11(16(10)13)20-9-7-5-4-6-8(9)17(18)19/h4-7H,13H2,1-3H3. The van der Waals surface area contributed by atoms with Gasteiger partial charge in [0.1, 0.15) is 0 Å². The largest absolute Gasteiger partial charge is 0.336 e. The summed E-state index contributed by atoms with van der Waals surface area (Å²) in [6.07, 6.45) is 0. The van der Waals surface area contributed by atoms with Crippen LogP contribution in [0.15, 0.2) is 34.3 Å². The summed E-state index contributed by atoms with van der Waals surface area (Å²) < 4.78 is 1.38. The van der Waals surface area contributed by atoms with Crippen molar-refractivity contribution in [1.29, 1.82) is 0 Å². The van der Waals surface area contributed by atoms with Gasteiger partial charge in [0.2, 0.25) is 5.16 Å². The minimum absolute atomic E-state index is 0.0257. The summed E-state index contributed by atoms with van der Waals surface area (Å²) >= 11 is 1.13. The highest BCUT2D eigenvalue weighted by Gasteiger charge is 2.24. The Morgan fingerprint density at radius 1 is 1.30 bits per heavy atom. The Kier molecular flexibility index (Phi) is 3.67. The molecule has 0 amide bonds. The molecule has 0 unspecified atom stereocenters. The number of benzene rings is 1. The number of nitro benzene ring substituents is 1. The molecule has 20 heavy (non-hydrogen) atoms. The quantitative estimate of drug-likeness (QED) is 0.529. The zero-order chi connectivity index (χ0) is 14.9. The molecule has 0 spiro atoms. The molecule has 106 valence electrons. The SMILES string of the molecule is CC(C)(C)c1nnc(Sc2ccccc2[N+](=O)[O-])n1N. The van der Waals surface area contributed by atoms with Crippen LogP contribution in [-0.2, 0) is 5.41 Å². The molecule has 0 atom stereocenters. The second kappa shape index (κ2) is 5.12. The van der Waals surface area contributed by atoms with Gasteiger partial charge in [0.05, 0.1) is 9.82 Å². The lowest BCUT2D eigenvalue weighted by Gasteiger charge is -2.16. The van der Waals surface area contributed by atoms with Crippen LogP contribution in [0, 0.1) is 10.1 Å². The first-order valence-corrected chi connectivity index (χ1v) is 6.74. The van der Waals surface area contributed by atoms with E-state index in [0.29, 0.717) is 15.9 Å². The third-order valence-electron chi connectivity index (χ3n) is 2.60. The average Bonchev–Trinajstić information content (AvgIpc) is 2.71. The summed E-state index contributed by atoms with van der Waals surface area (Å²) in [5.74, 6) is 6.59. The molecule has 7 nitrogen and oxygen atoms in total. The fourth-order valence-corrected chi connectivity index (χ4v) is 2.51. The fraction of sp³-hybridized carbons (Fsp3) is 0.333. The van der Waals surface area contributed by atoms with Crippen LogP contribution in [0.2, 0.25) is 0 Å². The highest BCUT2D eigenvalue weighted by Crippen LogP contribution is 2.34. The molecule has 0 saturated heterocycles. The minimum Gasteiger partial charge on any atom is -0.336 e. The van der Waals surface area contributed by atoms with Crippen LogP contribution in [0.5, 0.6) is 0 Å². The highest BCUT2D eigenvalue weighted by atomic mass is 32.2. The molecule has 0 aliphatic rings. The lowest BCUT2D eigenvalue weighted by atomic mass is 9.96. The molecule has 0 fully saturated rings. The Morgan fingerprint density at radius 3 is 2.50 bits per heavy atom. The van der Waals surface area contributed by atoms with Crippen molar-refractivity contribution in [3.63, 3.8) is 0 Å². The van der Waals surface area contributed by atoms with E-state index in [1.165, 1.54) is 10.7 Å². The van der Waals surface area contributed by atoms with Crippen molar-refractivity contribution in [2.24, 2.45) is 0 Å². The summed E-state index contributed by atoms with van der Waals surface area (Å²) in [6, 6.07) is 6.46. The van der Waals surface area contributed by atoms with Gasteiger partial charge in [0.15, 0.2) is 5.82 Å². The predicted octanol–water partition coefficient (Wildman–Crippen LogP) is 2.35. The second-order valence-electron chi connectivity index (χ2n) is 5.25. The van der Waals surface area contributed by atoms with Crippen molar-refractivity contribution in [1.82, 2.24) is 14.9 Å². The molecular formula is C12H15N5O2S. The van der Waals surface area contributed by atoms with Crippen LogP contribution in [0.3, 0.4) is 0 Å². The number of nitrogens with zero attached hydrogens (tertiary/aromatic N) is 4. The topological polar surface area (TPSA) is 99.9 Å². The van der Waals surface area contributed by atoms with E-state index in [1.807, 2.05) is 20.8 Å². The van der Waals surface area contributed by atoms with Crippen LogP contribution in [0.1, 0.15) is 26.6 Å². The van der Waals surface area contributed by atoms with Crippen LogP contribution >= 0.6 is 11.8 Å². The molecule has 2 aromatic rings. The number of para-hydroxylation sites is 1. The third kappa shape index (κ3) is 2.74. The van der Waals surface area contributed by atoms with E-state index < -0.39 is 4.92 Å². The van der Waals surface area contributed by atoms with Crippen molar-refractivity contribution in [3.05, 3.63) is 40.2 Å². The molecule has 1 aromatic carbocycles. The smallest absolute Gasteiger partial charge is 0.283 e. The van der Waals surface area contributed by atoms with Crippen molar-refractivity contribution in [3.8, 4) is 0 Å². The van der Waals surface area contributed by atoms with Gasteiger partial charge < -0.3 is 5.84 Å². The van der Waals surface area contributed by atoms with Crippen molar-refractivity contribution in [2.45, 2.75) is 36.2 Å². The Morgan fingerprint density at radius 2 is 1.95 bits per heavy atom. The van der Waals surface area contributed by atoms with Gasteiger partial charge in [-0.3, -0.25) is 10.1 Å². The van der Waals surface area contributed by atoms with E-state index in [9.17, 15) is 10.1 Å². The number of nitro groups is 1. The van der Waals surface area contributed by atoms with Crippen molar-refractivity contribution >= 4 is 17.4 Å². The molecule has 8 heteroatoms. The second-order valence-corrected chi connectivity index (χ2v) is 6.26. The van der Waals surface area contributed by atoms with E-state index in [4.69, 9.17) is 5.84 Å². The maximum absolute atomic E-state index is 11.0. The Balaban J connectivity index is 2.37. The normalized spacial score (nSPS) is 11.6. The molecule has 2 N–H and O–H groups in total. The van der Waals surface area contributed by atoms with Crippen LogP contribution in [0.4, 0.5) is 5.69 Å². The predicted molar refractivity (Wildman–Crippen MR) is 76.1 cm³/mol. The van der Waals surface area contributed by atoms with Crippen LogP contribution < -0.4 is 5.84 Å². The van der Waals surface area contributed by atoms with Crippen LogP contribution in [0.25, 0.3) is 0 Å². The van der Waals surface area contributed by atoms with E-state index >= 15 is 0 Å². The van der Waals surface area contributed by atoms with Gasteiger partial charge in [-0.15, -0.1) is 10.2 Å². The summed E-state index contributed by atoms with van der Waals surface area (Å²) in [7, 11) is 0. The number of aromatic nitrogens is 3. The molecular weight excluding hydrogens is 278 g/mol. The first-order valence-electron chi connectivity index (χ1n) is 5.93. The summed E-state index contributed by atoms with van der Waals surface area (Å²) in [5.41, 5.74) is -0.221. The van der Waals surface area contributed by atoms with Gasteiger partial charge in [-0.2, -0.15) is 0 Å². The van der Waals surface area contributed by atoms with E-state index in [-0.39, 0.29) is 11.1 Å². The molecule has 0 radical (unpaired) electrons. The molecule has 1 heterocycles. The summed E-state index contributed by atoms with van der Waals surface area (Å²) in [6.45, 7) is 5.92. The van der Waals surface area contributed by atoms with Gasteiger partial charge in [-0.05, 0) is 17.8 Å². The zero-order valence-corrected chi connectivity index (χ0v) is 12.2. The van der Waals surface area contributed by atoms with Gasteiger partial charge in [0, 0.05) is 11.5 Å². The van der Waals surface area contributed by atoms with Gasteiger partial charge in [0.25, 0.3) is 5.69 Å². The number of nitrogens with two attached hydrogens (primary N) is 1. The number of nitrogen functional groups attached to an aromatic ring is 1. The minimum atomic E-state index is -0.426. The molecule has 0 aliphatic carbocycles. The third-order valence-corrected chi connectivity index (χ3v) is 3.62. The average molecular weight is 293 g/mol. The Hall–Kier alpha value is -2.09. The first-order chi connectivity index (χ1) is 9.30. The lowest BCUT2D eigenvalue weighted by Crippen LogP contribution is -2.24. The molecule has 0 saturated carbocycles. The Bertz CT molecular complexity index is 648.